The second-order valence-corrected chi connectivity index (χ2v) is 8.49. The summed E-state index contributed by atoms with van der Waals surface area (Å²) in [7, 11) is -3.53. The van der Waals surface area contributed by atoms with E-state index in [0.29, 0.717) is 37.5 Å². The lowest BCUT2D eigenvalue weighted by Gasteiger charge is -2.09. The van der Waals surface area contributed by atoms with E-state index in [1.165, 1.54) is 0 Å². The molecule has 0 saturated heterocycles. The summed E-state index contributed by atoms with van der Waals surface area (Å²) >= 11 is 0. The minimum Gasteiger partial charge on any atom is -0.493 e. The first-order valence-corrected chi connectivity index (χ1v) is 11.7. The van der Waals surface area contributed by atoms with Crippen LogP contribution in [-0.2, 0) is 32.6 Å². The molecule has 2 aromatic carbocycles. The Bertz CT molecular complexity index is 968. The first kappa shape index (κ1) is 24.2. The number of benzene rings is 2. The topological polar surface area (TPSA) is 111 Å². The standard InChI is InChI=1S/C22H27NO7S/c1-3-13-29-23-19(16-22(24)25)15-18-6-8-20(9-7-18)28-14-12-17-4-10-21(11-5-17)30-31(2,26)27/h4-11H,3,12-16H2,1-2H3,(H,24,25)/b23-19-. The van der Waals surface area contributed by atoms with Crippen LogP contribution in [0.2, 0.25) is 0 Å². The fourth-order valence-corrected chi connectivity index (χ4v) is 3.10. The number of aliphatic carboxylic acids is 1. The SMILES string of the molecule is CCCO/N=C(\CC(=O)O)Cc1ccc(OCCc2ccc(OS(C)(=O)=O)cc2)cc1. The van der Waals surface area contributed by atoms with E-state index >= 15 is 0 Å². The molecule has 0 spiro atoms. The summed E-state index contributed by atoms with van der Waals surface area (Å²) in [6, 6.07) is 14.2. The van der Waals surface area contributed by atoms with Crippen molar-refractivity contribution in [3.63, 3.8) is 0 Å². The van der Waals surface area contributed by atoms with Gasteiger partial charge in [-0.05, 0) is 41.8 Å². The molecule has 8 nitrogen and oxygen atoms in total. The van der Waals surface area contributed by atoms with Crippen LogP contribution in [0.5, 0.6) is 11.5 Å². The first-order chi connectivity index (χ1) is 14.7. The number of oxime groups is 1. The fraction of sp³-hybridized carbons (Fsp3) is 0.364. The summed E-state index contributed by atoms with van der Waals surface area (Å²) in [6.07, 6.45) is 2.66. The van der Waals surface area contributed by atoms with Crippen molar-refractivity contribution in [2.75, 3.05) is 19.5 Å². The lowest BCUT2D eigenvalue weighted by Crippen LogP contribution is -2.11. The lowest BCUT2D eigenvalue weighted by atomic mass is 10.1. The van der Waals surface area contributed by atoms with E-state index in [-0.39, 0.29) is 12.2 Å². The Kier molecular flexibility index (Phi) is 9.33. The van der Waals surface area contributed by atoms with Crippen LogP contribution >= 0.6 is 0 Å². The Hall–Kier alpha value is -3.07. The molecule has 0 fully saturated rings. The second kappa shape index (κ2) is 11.9. The molecule has 9 heteroatoms. The van der Waals surface area contributed by atoms with Gasteiger partial charge in [-0.2, -0.15) is 8.42 Å². The highest BCUT2D eigenvalue weighted by atomic mass is 32.2. The highest BCUT2D eigenvalue weighted by Crippen LogP contribution is 2.16. The van der Waals surface area contributed by atoms with Crippen LogP contribution in [0.4, 0.5) is 0 Å². The molecule has 0 heterocycles. The number of carbonyl (C=O) groups is 1. The maximum atomic E-state index is 11.1. The molecule has 0 aliphatic rings. The summed E-state index contributed by atoms with van der Waals surface area (Å²) in [6.45, 7) is 2.85. The molecule has 0 amide bonds. The molecule has 2 aromatic rings. The zero-order valence-corrected chi connectivity index (χ0v) is 18.4. The van der Waals surface area contributed by atoms with E-state index in [4.69, 9.17) is 18.9 Å². The molecule has 0 bridgehead atoms. The summed E-state index contributed by atoms with van der Waals surface area (Å²) in [4.78, 5) is 16.1. The van der Waals surface area contributed by atoms with Gasteiger partial charge in [-0.15, -0.1) is 0 Å². The van der Waals surface area contributed by atoms with E-state index in [0.717, 1.165) is 23.8 Å². The summed E-state index contributed by atoms with van der Waals surface area (Å²) < 4.78 is 32.8. The van der Waals surface area contributed by atoms with E-state index in [1.807, 2.05) is 31.2 Å². The van der Waals surface area contributed by atoms with Gasteiger partial charge in [0.1, 0.15) is 18.1 Å². The van der Waals surface area contributed by atoms with Crippen molar-refractivity contribution in [3.05, 3.63) is 59.7 Å². The molecule has 0 aliphatic carbocycles. The Morgan fingerprint density at radius 1 is 0.968 bits per heavy atom. The molecular weight excluding hydrogens is 422 g/mol. The van der Waals surface area contributed by atoms with Gasteiger partial charge in [0.2, 0.25) is 0 Å². The average Bonchev–Trinajstić information content (AvgIpc) is 2.69. The number of carboxylic acids is 1. The summed E-state index contributed by atoms with van der Waals surface area (Å²) in [5, 5.41) is 13.0. The van der Waals surface area contributed by atoms with E-state index in [2.05, 4.69) is 5.16 Å². The van der Waals surface area contributed by atoms with Crippen molar-refractivity contribution in [2.24, 2.45) is 5.16 Å². The molecular formula is C22H27NO7S. The molecule has 0 saturated carbocycles. The van der Waals surface area contributed by atoms with Gasteiger partial charge in [0.15, 0.2) is 0 Å². The highest BCUT2D eigenvalue weighted by molar-refractivity contribution is 7.86. The molecule has 1 N–H and O–H groups in total. The van der Waals surface area contributed by atoms with Crippen molar-refractivity contribution in [3.8, 4) is 11.5 Å². The van der Waals surface area contributed by atoms with Gasteiger partial charge in [-0.3, -0.25) is 4.79 Å². The minimum atomic E-state index is -3.53. The Labute approximate surface area is 182 Å². The number of rotatable bonds is 13. The monoisotopic (exact) mass is 449 g/mol. The lowest BCUT2D eigenvalue weighted by molar-refractivity contribution is -0.135. The van der Waals surface area contributed by atoms with Gasteiger partial charge >= 0.3 is 16.1 Å². The fourth-order valence-electron chi connectivity index (χ4n) is 2.64. The molecule has 0 aliphatic heterocycles. The van der Waals surface area contributed by atoms with Gasteiger partial charge in [0.25, 0.3) is 0 Å². The zero-order chi connectivity index (χ0) is 22.7. The van der Waals surface area contributed by atoms with Crippen molar-refractivity contribution in [1.29, 1.82) is 0 Å². The van der Waals surface area contributed by atoms with Crippen LogP contribution < -0.4 is 8.92 Å². The molecule has 0 aromatic heterocycles. The Morgan fingerprint density at radius 3 is 2.16 bits per heavy atom. The number of ether oxygens (including phenoxy) is 1. The summed E-state index contributed by atoms with van der Waals surface area (Å²) in [5.74, 6) is 0.0168. The van der Waals surface area contributed by atoms with Crippen LogP contribution in [0.3, 0.4) is 0 Å². The van der Waals surface area contributed by atoms with Crippen molar-refractivity contribution >= 4 is 21.8 Å². The average molecular weight is 450 g/mol. The molecule has 0 atom stereocenters. The van der Waals surface area contributed by atoms with Crippen LogP contribution in [0.1, 0.15) is 30.9 Å². The minimum absolute atomic E-state index is 0.171. The zero-order valence-electron chi connectivity index (χ0n) is 17.6. The Balaban J connectivity index is 1.85. The van der Waals surface area contributed by atoms with E-state index in [9.17, 15) is 13.2 Å². The van der Waals surface area contributed by atoms with Crippen molar-refractivity contribution in [1.82, 2.24) is 0 Å². The van der Waals surface area contributed by atoms with Crippen LogP contribution in [0, 0.1) is 0 Å². The van der Waals surface area contributed by atoms with E-state index < -0.39 is 16.1 Å². The van der Waals surface area contributed by atoms with Crippen molar-refractivity contribution in [2.45, 2.75) is 32.6 Å². The third-order valence-electron chi connectivity index (χ3n) is 4.01. The largest absolute Gasteiger partial charge is 0.493 e. The maximum Gasteiger partial charge on any atom is 0.309 e. The second-order valence-electron chi connectivity index (χ2n) is 6.91. The van der Waals surface area contributed by atoms with Crippen molar-refractivity contribution < 1.29 is 32.1 Å². The third-order valence-corrected chi connectivity index (χ3v) is 4.50. The third kappa shape index (κ3) is 9.99. The number of hydrogen-bond acceptors (Lipinski definition) is 7. The van der Waals surface area contributed by atoms with E-state index in [1.54, 1.807) is 24.3 Å². The molecule has 0 unspecified atom stereocenters. The first-order valence-electron chi connectivity index (χ1n) is 9.85. The Morgan fingerprint density at radius 2 is 1.58 bits per heavy atom. The van der Waals surface area contributed by atoms with Gasteiger partial charge in [-0.25, -0.2) is 0 Å². The summed E-state index contributed by atoms with van der Waals surface area (Å²) in [5.41, 5.74) is 2.35. The van der Waals surface area contributed by atoms with Gasteiger partial charge < -0.3 is 18.9 Å². The molecule has 2 rings (SSSR count). The molecule has 0 radical (unpaired) electrons. The maximum absolute atomic E-state index is 11.1. The van der Waals surface area contributed by atoms with Crippen LogP contribution in [-0.4, -0.2) is 44.7 Å². The number of hydrogen-bond donors (Lipinski definition) is 1. The molecule has 31 heavy (non-hydrogen) atoms. The van der Waals surface area contributed by atoms with Crippen LogP contribution in [0.25, 0.3) is 0 Å². The highest BCUT2D eigenvalue weighted by Gasteiger charge is 2.09. The number of carboxylic acid groups (broad SMARTS) is 1. The predicted octanol–water partition coefficient (Wildman–Crippen LogP) is 3.45. The van der Waals surface area contributed by atoms with Gasteiger partial charge in [-0.1, -0.05) is 36.3 Å². The quantitative estimate of drug-likeness (QED) is 0.216. The smallest absolute Gasteiger partial charge is 0.309 e. The van der Waals surface area contributed by atoms with Crippen LogP contribution in [0.15, 0.2) is 53.7 Å². The van der Waals surface area contributed by atoms with Gasteiger partial charge in [0, 0.05) is 12.8 Å². The van der Waals surface area contributed by atoms with Gasteiger partial charge in [0.05, 0.1) is 25.0 Å². The molecule has 168 valence electrons. The number of nitrogens with zero attached hydrogens (tertiary/aromatic N) is 1. The normalized spacial score (nSPS) is 11.7. The predicted molar refractivity (Wildman–Crippen MR) is 117 cm³/mol.